The summed E-state index contributed by atoms with van der Waals surface area (Å²) in [6.07, 6.45) is 9.03. The Morgan fingerprint density at radius 1 is 1.50 bits per heavy atom. The predicted octanol–water partition coefficient (Wildman–Crippen LogP) is 0.771. The van der Waals surface area contributed by atoms with Crippen molar-refractivity contribution < 1.29 is 10.0 Å². The van der Waals surface area contributed by atoms with Crippen LogP contribution in [0.2, 0.25) is 0 Å². The summed E-state index contributed by atoms with van der Waals surface area (Å²) in [5.74, 6) is 0. The van der Waals surface area contributed by atoms with E-state index < -0.39 is 0 Å². The largest absolute Gasteiger partial charge is 0.389 e. The van der Waals surface area contributed by atoms with Crippen molar-refractivity contribution in [1.29, 1.82) is 0 Å². The highest BCUT2D eigenvalue weighted by molar-refractivity contribution is 4.88. The second-order valence-corrected chi connectivity index (χ2v) is 4.36. The van der Waals surface area contributed by atoms with Crippen molar-refractivity contribution in [3.63, 3.8) is 0 Å². The van der Waals surface area contributed by atoms with Crippen LogP contribution >= 0.6 is 0 Å². The SMILES string of the molecule is CC[NH+]1CCCCC1CC=CC(C)O. The summed E-state index contributed by atoms with van der Waals surface area (Å²) < 4.78 is 0. The van der Waals surface area contributed by atoms with Crippen LogP contribution in [0.4, 0.5) is 0 Å². The smallest absolute Gasteiger partial charge is 0.0909 e. The molecule has 3 unspecified atom stereocenters. The Labute approximate surface area is 87.6 Å². The molecule has 0 spiro atoms. The van der Waals surface area contributed by atoms with Crippen molar-refractivity contribution in [1.82, 2.24) is 0 Å². The molecule has 0 bridgehead atoms. The van der Waals surface area contributed by atoms with Crippen LogP contribution in [0.1, 0.15) is 39.5 Å². The Kier molecular flexibility index (Phi) is 5.20. The molecular weight excluding hydrogens is 174 g/mol. The van der Waals surface area contributed by atoms with Crippen LogP contribution < -0.4 is 4.90 Å². The summed E-state index contributed by atoms with van der Waals surface area (Å²) in [5.41, 5.74) is 0. The number of hydrogen-bond acceptors (Lipinski definition) is 1. The molecule has 1 aliphatic heterocycles. The van der Waals surface area contributed by atoms with E-state index in [0.29, 0.717) is 0 Å². The van der Waals surface area contributed by atoms with Crippen LogP contribution in [0.15, 0.2) is 12.2 Å². The van der Waals surface area contributed by atoms with E-state index in [4.69, 9.17) is 5.11 Å². The second-order valence-electron chi connectivity index (χ2n) is 4.36. The Morgan fingerprint density at radius 2 is 2.29 bits per heavy atom. The van der Waals surface area contributed by atoms with Crippen molar-refractivity contribution in [2.24, 2.45) is 0 Å². The molecule has 1 fully saturated rings. The monoisotopic (exact) mass is 198 g/mol. The molecule has 2 N–H and O–H groups in total. The van der Waals surface area contributed by atoms with Gasteiger partial charge in [-0.2, -0.15) is 0 Å². The predicted molar refractivity (Wildman–Crippen MR) is 59.4 cm³/mol. The van der Waals surface area contributed by atoms with Gasteiger partial charge in [0.2, 0.25) is 0 Å². The maximum absolute atomic E-state index is 9.11. The molecule has 0 amide bonds. The Balaban J connectivity index is 2.33. The third-order valence-electron chi connectivity index (χ3n) is 3.17. The fraction of sp³-hybridized carbons (Fsp3) is 0.833. The minimum Gasteiger partial charge on any atom is -0.389 e. The van der Waals surface area contributed by atoms with Crippen LogP contribution in [0.5, 0.6) is 0 Å². The summed E-state index contributed by atoms with van der Waals surface area (Å²) in [6, 6.07) is 0.795. The van der Waals surface area contributed by atoms with E-state index in [9.17, 15) is 0 Å². The first-order chi connectivity index (χ1) is 6.74. The molecule has 0 aromatic heterocycles. The fourth-order valence-corrected chi connectivity index (χ4v) is 2.34. The van der Waals surface area contributed by atoms with Gasteiger partial charge in [-0.25, -0.2) is 0 Å². The minimum atomic E-state index is -0.288. The fourth-order valence-electron chi connectivity index (χ4n) is 2.34. The van der Waals surface area contributed by atoms with Crippen molar-refractivity contribution in [3.8, 4) is 0 Å². The standard InChI is InChI=1S/C12H23NO/c1-3-13-10-5-4-8-12(13)9-6-7-11(2)14/h6-7,11-12,14H,3-5,8-10H2,1-2H3/p+1. The Bertz CT molecular complexity index is 177. The van der Waals surface area contributed by atoms with Gasteiger partial charge in [-0.15, -0.1) is 0 Å². The summed E-state index contributed by atoms with van der Waals surface area (Å²) in [4.78, 5) is 1.74. The number of rotatable bonds is 4. The lowest BCUT2D eigenvalue weighted by atomic mass is 9.99. The summed E-state index contributed by atoms with van der Waals surface area (Å²) >= 11 is 0. The number of piperidine rings is 1. The molecule has 14 heavy (non-hydrogen) atoms. The second kappa shape index (κ2) is 6.20. The molecule has 0 aromatic rings. The van der Waals surface area contributed by atoms with Crippen LogP contribution in [-0.2, 0) is 0 Å². The van der Waals surface area contributed by atoms with E-state index in [1.54, 1.807) is 4.90 Å². The van der Waals surface area contributed by atoms with Gasteiger partial charge in [0.1, 0.15) is 0 Å². The zero-order valence-electron chi connectivity index (χ0n) is 9.50. The molecular formula is C12H24NO+. The highest BCUT2D eigenvalue weighted by Gasteiger charge is 2.22. The van der Waals surface area contributed by atoms with Crippen LogP contribution in [0.25, 0.3) is 0 Å². The molecule has 0 aliphatic carbocycles. The molecule has 0 radical (unpaired) electrons. The molecule has 3 atom stereocenters. The van der Waals surface area contributed by atoms with E-state index >= 15 is 0 Å². The highest BCUT2D eigenvalue weighted by atomic mass is 16.3. The average molecular weight is 198 g/mol. The Hall–Kier alpha value is -0.340. The molecule has 2 nitrogen and oxygen atoms in total. The lowest BCUT2D eigenvalue weighted by Crippen LogP contribution is -3.16. The van der Waals surface area contributed by atoms with Gasteiger partial charge in [-0.3, -0.25) is 0 Å². The highest BCUT2D eigenvalue weighted by Crippen LogP contribution is 2.07. The van der Waals surface area contributed by atoms with Crippen molar-refractivity contribution in [2.45, 2.75) is 51.7 Å². The average Bonchev–Trinajstić information content (AvgIpc) is 2.18. The van der Waals surface area contributed by atoms with Gasteiger partial charge in [0.15, 0.2) is 0 Å². The van der Waals surface area contributed by atoms with E-state index in [0.717, 1.165) is 12.5 Å². The summed E-state index contributed by atoms with van der Waals surface area (Å²) in [5, 5.41) is 9.11. The van der Waals surface area contributed by atoms with Crippen LogP contribution in [0.3, 0.4) is 0 Å². The number of aliphatic hydroxyl groups is 1. The molecule has 2 heteroatoms. The van der Waals surface area contributed by atoms with Gasteiger partial charge in [0.25, 0.3) is 0 Å². The van der Waals surface area contributed by atoms with Gasteiger partial charge < -0.3 is 10.0 Å². The van der Waals surface area contributed by atoms with E-state index in [-0.39, 0.29) is 6.10 Å². The van der Waals surface area contributed by atoms with Gasteiger partial charge in [-0.1, -0.05) is 12.2 Å². The maximum Gasteiger partial charge on any atom is 0.0909 e. The van der Waals surface area contributed by atoms with Crippen molar-refractivity contribution >= 4 is 0 Å². The van der Waals surface area contributed by atoms with Crippen LogP contribution in [-0.4, -0.2) is 30.3 Å². The first-order valence-electron chi connectivity index (χ1n) is 5.93. The number of likely N-dealkylation sites (tertiary alicyclic amines) is 1. The lowest BCUT2D eigenvalue weighted by molar-refractivity contribution is -0.928. The minimum absolute atomic E-state index is 0.288. The number of nitrogens with one attached hydrogen (secondary N) is 1. The molecule has 1 aliphatic rings. The summed E-state index contributed by atoms with van der Waals surface area (Å²) in [6.45, 7) is 6.66. The van der Waals surface area contributed by atoms with Crippen LogP contribution in [0, 0.1) is 0 Å². The first-order valence-corrected chi connectivity index (χ1v) is 5.93. The molecule has 1 heterocycles. The van der Waals surface area contributed by atoms with E-state index in [1.807, 2.05) is 13.0 Å². The van der Waals surface area contributed by atoms with Gasteiger partial charge in [-0.05, 0) is 33.1 Å². The molecule has 0 aromatic carbocycles. The molecule has 1 rings (SSSR count). The van der Waals surface area contributed by atoms with Crippen molar-refractivity contribution in [2.75, 3.05) is 13.1 Å². The topological polar surface area (TPSA) is 24.7 Å². The number of aliphatic hydroxyl groups excluding tert-OH is 1. The molecule has 0 saturated carbocycles. The quantitative estimate of drug-likeness (QED) is 0.641. The normalized spacial score (nSPS) is 30.8. The lowest BCUT2D eigenvalue weighted by Gasteiger charge is -2.31. The summed E-state index contributed by atoms with van der Waals surface area (Å²) in [7, 11) is 0. The number of hydrogen-bond donors (Lipinski definition) is 2. The van der Waals surface area contributed by atoms with Gasteiger partial charge >= 0.3 is 0 Å². The maximum atomic E-state index is 9.11. The first kappa shape index (κ1) is 11.7. The molecule has 1 saturated heterocycles. The zero-order chi connectivity index (χ0) is 10.4. The Morgan fingerprint density at radius 3 is 2.93 bits per heavy atom. The zero-order valence-corrected chi connectivity index (χ0v) is 9.50. The van der Waals surface area contributed by atoms with Crippen molar-refractivity contribution in [3.05, 3.63) is 12.2 Å². The number of quaternary nitrogens is 1. The van der Waals surface area contributed by atoms with Gasteiger partial charge in [0.05, 0.1) is 25.2 Å². The third-order valence-corrected chi connectivity index (χ3v) is 3.17. The van der Waals surface area contributed by atoms with E-state index in [2.05, 4.69) is 13.0 Å². The molecule has 82 valence electrons. The third kappa shape index (κ3) is 3.81. The van der Waals surface area contributed by atoms with E-state index in [1.165, 1.54) is 32.4 Å². The van der Waals surface area contributed by atoms with Gasteiger partial charge in [0, 0.05) is 6.42 Å².